The molecule has 3 atom stereocenters. The van der Waals surface area contributed by atoms with E-state index in [1.165, 1.54) is 71.1 Å². The van der Waals surface area contributed by atoms with Gasteiger partial charge in [-0.15, -0.1) is 0 Å². The minimum atomic E-state index is 0.900. The SMILES string of the molecule is CCCN(CC1CCCNC1)C1CCC(CC)C1. The third-order valence-corrected chi connectivity index (χ3v) is 5.01. The van der Waals surface area contributed by atoms with Crippen molar-refractivity contribution in [2.75, 3.05) is 26.2 Å². The van der Waals surface area contributed by atoms with Gasteiger partial charge in [-0.05, 0) is 70.0 Å². The van der Waals surface area contributed by atoms with Gasteiger partial charge in [0.2, 0.25) is 0 Å². The van der Waals surface area contributed by atoms with Gasteiger partial charge >= 0.3 is 0 Å². The van der Waals surface area contributed by atoms with Crippen LogP contribution >= 0.6 is 0 Å². The van der Waals surface area contributed by atoms with Gasteiger partial charge in [0, 0.05) is 12.6 Å². The van der Waals surface area contributed by atoms with E-state index in [9.17, 15) is 0 Å². The average Bonchev–Trinajstić information content (AvgIpc) is 2.88. The summed E-state index contributed by atoms with van der Waals surface area (Å²) in [6.07, 6.45) is 9.93. The Bertz CT molecular complexity index is 223. The smallest absolute Gasteiger partial charge is 0.00981 e. The molecule has 2 heteroatoms. The summed E-state index contributed by atoms with van der Waals surface area (Å²) >= 11 is 0. The van der Waals surface area contributed by atoms with Gasteiger partial charge in [-0.2, -0.15) is 0 Å². The second-order valence-corrected chi connectivity index (χ2v) is 6.45. The number of nitrogens with zero attached hydrogens (tertiary/aromatic N) is 1. The summed E-state index contributed by atoms with van der Waals surface area (Å²) in [6.45, 7) is 9.86. The maximum atomic E-state index is 3.57. The van der Waals surface area contributed by atoms with Gasteiger partial charge in [0.05, 0.1) is 0 Å². The molecule has 0 aromatic heterocycles. The molecule has 0 bridgehead atoms. The standard InChI is InChI=1S/C16H32N2/c1-3-10-18(13-15-6-5-9-17-12-15)16-8-7-14(4-2)11-16/h14-17H,3-13H2,1-2H3. The highest BCUT2D eigenvalue weighted by Gasteiger charge is 2.29. The van der Waals surface area contributed by atoms with Gasteiger partial charge in [0.25, 0.3) is 0 Å². The Morgan fingerprint density at radius 2 is 2.00 bits per heavy atom. The van der Waals surface area contributed by atoms with Crippen molar-refractivity contribution < 1.29 is 0 Å². The van der Waals surface area contributed by atoms with Crippen molar-refractivity contribution in [1.82, 2.24) is 10.2 Å². The highest BCUT2D eigenvalue weighted by molar-refractivity contribution is 4.84. The van der Waals surface area contributed by atoms with Gasteiger partial charge in [0.1, 0.15) is 0 Å². The molecule has 3 unspecified atom stereocenters. The van der Waals surface area contributed by atoms with Crippen LogP contribution in [0.15, 0.2) is 0 Å². The minimum Gasteiger partial charge on any atom is -0.316 e. The fourth-order valence-corrected chi connectivity index (χ4v) is 3.87. The van der Waals surface area contributed by atoms with E-state index in [0.717, 1.165) is 17.9 Å². The van der Waals surface area contributed by atoms with Crippen molar-refractivity contribution in [1.29, 1.82) is 0 Å². The summed E-state index contributed by atoms with van der Waals surface area (Å²) < 4.78 is 0. The topological polar surface area (TPSA) is 15.3 Å². The molecule has 0 aromatic carbocycles. The van der Waals surface area contributed by atoms with E-state index < -0.39 is 0 Å². The fourth-order valence-electron chi connectivity index (χ4n) is 3.87. The zero-order valence-corrected chi connectivity index (χ0v) is 12.5. The second-order valence-electron chi connectivity index (χ2n) is 6.45. The summed E-state index contributed by atoms with van der Waals surface area (Å²) in [5, 5.41) is 3.57. The summed E-state index contributed by atoms with van der Waals surface area (Å²) in [7, 11) is 0. The Morgan fingerprint density at radius 3 is 2.61 bits per heavy atom. The quantitative estimate of drug-likeness (QED) is 0.780. The first-order valence-electron chi connectivity index (χ1n) is 8.28. The summed E-state index contributed by atoms with van der Waals surface area (Å²) in [5.74, 6) is 1.92. The van der Waals surface area contributed by atoms with Crippen LogP contribution in [0.4, 0.5) is 0 Å². The Kier molecular flexibility index (Phi) is 5.97. The lowest BCUT2D eigenvalue weighted by Gasteiger charge is -2.34. The van der Waals surface area contributed by atoms with Crippen molar-refractivity contribution in [3.63, 3.8) is 0 Å². The number of hydrogen-bond acceptors (Lipinski definition) is 2. The van der Waals surface area contributed by atoms with Crippen molar-refractivity contribution in [3.05, 3.63) is 0 Å². The Labute approximate surface area is 114 Å². The molecule has 1 heterocycles. The van der Waals surface area contributed by atoms with E-state index in [0.29, 0.717) is 0 Å². The Hall–Kier alpha value is -0.0800. The van der Waals surface area contributed by atoms with Crippen molar-refractivity contribution in [2.24, 2.45) is 11.8 Å². The van der Waals surface area contributed by atoms with Crippen LogP contribution in [0.1, 0.15) is 58.8 Å². The Balaban J connectivity index is 1.82. The van der Waals surface area contributed by atoms with E-state index >= 15 is 0 Å². The fraction of sp³-hybridized carbons (Fsp3) is 1.00. The molecule has 2 rings (SSSR count). The van der Waals surface area contributed by atoms with Crippen LogP contribution in [0, 0.1) is 11.8 Å². The van der Waals surface area contributed by atoms with Crippen molar-refractivity contribution in [3.8, 4) is 0 Å². The van der Waals surface area contributed by atoms with E-state index in [1.54, 1.807) is 0 Å². The molecule has 2 fully saturated rings. The Morgan fingerprint density at radius 1 is 1.11 bits per heavy atom. The largest absolute Gasteiger partial charge is 0.316 e. The lowest BCUT2D eigenvalue weighted by Crippen LogP contribution is -2.42. The summed E-state index contributed by atoms with van der Waals surface area (Å²) in [6, 6.07) is 0.900. The molecule has 0 radical (unpaired) electrons. The van der Waals surface area contributed by atoms with Crippen LogP contribution in [-0.4, -0.2) is 37.1 Å². The summed E-state index contributed by atoms with van der Waals surface area (Å²) in [4.78, 5) is 2.83. The van der Waals surface area contributed by atoms with Crippen LogP contribution in [-0.2, 0) is 0 Å². The molecule has 1 saturated carbocycles. The van der Waals surface area contributed by atoms with Gasteiger partial charge in [-0.25, -0.2) is 0 Å². The zero-order chi connectivity index (χ0) is 12.8. The second kappa shape index (κ2) is 7.49. The average molecular weight is 252 g/mol. The third kappa shape index (κ3) is 3.96. The lowest BCUT2D eigenvalue weighted by molar-refractivity contribution is 0.152. The maximum absolute atomic E-state index is 3.57. The van der Waals surface area contributed by atoms with Gasteiger partial charge in [-0.3, -0.25) is 0 Å². The van der Waals surface area contributed by atoms with E-state index in [-0.39, 0.29) is 0 Å². The molecule has 2 nitrogen and oxygen atoms in total. The predicted octanol–water partition coefficient (Wildman–Crippen LogP) is 3.28. The van der Waals surface area contributed by atoms with Crippen LogP contribution in [0.25, 0.3) is 0 Å². The van der Waals surface area contributed by atoms with E-state index in [4.69, 9.17) is 0 Å². The van der Waals surface area contributed by atoms with E-state index in [1.807, 2.05) is 0 Å². The normalized spacial score (nSPS) is 33.2. The van der Waals surface area contributed by atoms with Crippen molar-refractivity contribution in [2.45, 2.75) is 64.8 Å². The maximum Gasteiger partial charge on any atom is 0.00981 e. The molecule has 1 saturated heterocycles. The monoisotopic (exact) mass is 252 g/mol. The number of nitrogens with one attached hydrogen (secondary N) is 1. The number of piperidine rings is 1. The molecule has 1 N–H and O–H groups in total. The van der Waals surface area contributed by atoms with Gasteiger partial charge in [0.15, 0.2) is 0 Å². The van der Waals surface area contributed by atoms with Crippen LogP contribution < -0.4 is 5.32 Å². The molecule has 0 amide bonds. The lowest BCUT2D eigenvalue weighted by atomic mass is 9.97. The predicted molar refractivity (Wildman–Crippen MR) is 78.9 cm³/mol. The third-order valence-electron chi connectivity index (χ3n) is 5.01. The molecule has 106 valence electrons. The van der Waals surface area contributed by atoms with Gasteiger partial charge < -0.3 is 10.2 Å². The molecule has 1 aliphatic carbocycles. The molecule has 0 aromatic rings. The highest BCUT2D eigenvalue weighted by Crippen LogP contribution is 2.32. The van der Waals surface area contributed by atoms with Crippen LogP contribution in [0.5, 0.6) is 0 Å². The molecule has 18 heavy (non-hydrogen) atoms. The first-order valence-corrected chi connectivity index (χ1v) is 8.28. The van der Waals surface area contributed by atoms with Crippen LogP contribution in [0.3, 0.4) is 0 Å². The first-order chi connectivity index (χ1) is 8.83. The van der Waals surface area contributed by atoms with Crippen LogP contribution in [0.2, 0.25) is 0 Å². The van der Waals surface area contributed by atoms with Gasteiger partial charge in [-0.1, -0.05) is 20.3 Å². The molecule has 2 aliphatic rings. The van der Waals surface area contributed by atoms with Crippen molar-refractivity contribution >= 4 is 0 Å². The molecular formula is C16H32N2. The zero-order valence-electron chi connectivity index (χ0n) is 12.5. The minimum absolute atomic E-state index is 0.900. The molecular weight excluding hydrogens is 220 g/mol. The van der Waals surface area contributed by atoms with E-state index in [2.05, 4.69) is 24.1 Å². The first kappa shape index (κ1) is 14.3. The molecule has 1 aliphatic heterocycles. The highest BCUT2D eigenvalue weighted by atomic mass is 15.2. The molecule has 0 spiro atoms. The number of hydrogen-bond donors (Lipinski definition) is 1. The number of rotatable bonds is 6. The summed E-state index contributed by atoms with van der Waals surface area (Å²) in [5.41, 5.74) is 0.